The van der Waals surface area contributed by atoms with E-state index >= 15 is 0 Å². The molecule has 2 saturated heterocycles. The number of rotatable bonds is 11. The molecule has 0 saturated carbocycles. The second-order valence-corrected chi connectivity index (χ2v) is 9.26. The van der Waals surface area contributed by atoms with Crippen molar-refractivity contribution in [2.75, 3.05) is 18.9 Å². The Hall–Kier alpha value is -4.17. The zero-order valence-corrected chi connectivity index (χ0v) is 24.5. The van der Waals surface area contributed by atoms with Gasteiger partial charge in [-0.1, -0.05) is 5.16 Å². The van der Waals surface area contributed by atoms with Crippen LogP contribution in [0.25, 0.3) is 0 Å². The van der Waals surface area contributed by atoms with E-state index in [0.717, 1.165) is 11.3 Å². The fourth-order valence-corrected chi connectivity index (χ4v) is 4.19. The molecule has 0 bridgehead atoms. The van der Waals surface area contributed by atoms with Gasteiger partial charge in [-0.3, -0.25) is 29.3 Å². The topological polar surface area (TPSA) is 255 Å². The second kappa shape index (κ2) is 13.7. The van der Waals surface area contributed by atoms with Crippen LogP contribution in [0.4, 0.5) is 10.8 Å². The number of carbonyl (C=O) groups is 5. The van der Waals surface area contributed by atoms with Crippen LogP contribution in [0.3, 0.4) is 0 Å². The summed E-state index contributed by atoms with van der Waals surface area (Å²) in [4.78, 5) is 85.3. The Morgan fingerprint density at radius 2 is 2.00 bits per heavy atom. The molecule has 1 aromatic heterocycles. The molecule has 0 aliphatic carbocycles. The number of esters is 2. The number of carboxylic acid groups (broad SMARTS) is 1. The summed E-state index contributed by atoms with van der Waals surface area (Å²) < 4.78 is 9.81. The molecule has 1 aromatic carbocycles. The second-order valence-electron chi connectivity index (χ2n) is 8.37. The van der Waals surface area contributed by atoms with Gasteiger partial charge in [0.15, 0.2) is 10.8 Å². The third-order valence-electron chi connectivity index (χ3n) is 5.64. The van der Waals surface area contributed by atoms with E-state index < -0.39 is 71.8 Å². The number of nitro benzene ring substituents is 1. The van der Waals surface area contributed by atoms with Crippen molar-refractivity contribution in [3.05, 3.63) is 51.0 Å². The largest absolute Gasteiger partial charge is 1.00 e. The number of hydrogen-bond acceptors (Lipinski definition) is 16. The van der Waals surface area contributed by atoms with E-state index in [1.54, 1.807) is 0 Å². The van der Waals surface area contributed by atoms with Crippen molar-refractivity contribution >= 4 is 57.6 Å². The molecule has 0 radical (unpaired) electrons. The molecule has 2 aliphatic rings. The number of nitro groups is 1. The summed E-state index contributed by atoms with van der Waals surface area (Å²) in [7, 11) is 0. The molecule has 2 aromatic rings. The molecule has 42 heavy (non-hydrogen) atoms. The molecule has 2 amide bonds. The number of anilines is 1. The van der Waals surface area contributed by atoms with Crippen molar-refractivity contribution in [3.63, 3.8) is 0 Å². The summed E-state index contributed by atoms with van der Waals surface area (Å²) in [5, 5.41) is 30.1. The summed E-state index contributed by atoms with van der Waals surface area (Å²) in [5.74, 6) is -5.71. The monoisotopic (exact) mass is 614 g/mol. The van der Waals surface area contributed by atoms with Gasteiger partial charge in [-0.2, -0.15) is 5.06 Å². The van der Waals surface area contributed by atoms with Crippen LogP contribution in [0, 0.1) is 10.1 Å². The fraction of sp³-hybridized carbons (Fsp3) is 0.318. The molecule has 4 rings (SSSR count). The molecule has 1 unspecified atom stereocenters. The minimum absolute atomic E-state index is 0. The molecule has 216 valence electrons. The van der Waals surface area contributed by atoms with Crippen LogP contribution < -0.4 is 45.7 Å². The Balaban J connectivity index is 0.00000484. The number of hydroxylamine groups is 2. The van der Waals surface area contributed by atoms with Crippen LogP contribution >= 0.6 is 11.3 Å². The molecule has 18 nitrogen and oxygen atoms in total. The number of amides is 2. The van der Waals surface area contributed by atoms with Crippen LogP contribution in [0.5, 0.6) is 0 Å². The Kier molecular flexibility index (Phi) is 10.5. The summed E-state index contributed by atoms with van der Waals surface area (Å²) in [5.41, 5.74) is 2.92. The Labute approximate surface area is 261 Å². The standard InChI is InChI=1S/C22H20N6O12S.Na/c23-21-25-14(10-41-21)17(26-38-9-16(30)37-7-11-1-3-12(4-2-11)28(35)36)18(31)24-13-8-39-27(19(13)32)22(20(33)34)6-5-15(29)40-22;/h1-4,10,13H,5-9H2,(H2,23,25)(H,24,31)(H,33,34);/q;+1/p-1/b26-17-;/t13-,22?;/m0./s1. The SMILES string of the molecule is Nc1nc(/C(=N/OCC(=O)OCc2ccc([N+](=O)[O-])cc2)C(=O)N[C@H]2CON(C3(C(=O)[O-])CCC(=O)O3)C2=O)cs1.[Na+]. The minimum Gasteiger partial charge on any atom is -0.544 e. The molecular weight excluding hydrogens is 595 g/mol. The number of thiazole rings is 1. The van der Waals surface area contributed by atoms with Gasteiger partial charge in [-0.05, 0) is 17.7 Å². The smallest absolute Gasteiger partial charge is 0.544 e. The molecule has 2 aliphatic heterocycles. The van der Waals surface area contributed by atoms with Gasteiger partial charge in [0.1, 0.15) is 30.9 Å². The van der Waals surface area contributed by atoms with Gasteiger partial charge in [0.25, 0.3) is 23.2 Å². The van der Waals surface area contributed by atoms with Gasteiger partial charge in [-0.15, -0.1) is 11.3 Å². The third-order valence-corrected chi connectivity index (χ3v) is 6.31. The van der Waals surface area contributed by atoms with Crippen molar-refractivity contribution in [3.8, 4) is 0 Å². The summed E-state index contributed by atoms with van der Waals surface area (Å²) in [6.07, 6.45) is -0.715. The van der Waals surface area contributed by atoms with Crippen LogP contribution in [0.15, 0.2) is 34.8 Å². The zero-order valence-electron chi connectivity index (χ0n) is 21.7. The van der Waals surface area contributed by atoms with Crippen molar-refractivity contribution < 1.29 is 82.7 Å². The van der Waals surface area contributed by atoms with Crippen LogP contribution in [0.2, 0.25) is 0 Å². The summed E-state index contributed by atoms with van der Waals surface area (Å²) in [6.45, 7) is -1.48. The molecule has 0 spiro atoms. The molecular formula is C22H19N6NaO12S. The maximum Gasteiger partial charge on any atom is 1.00 e. The van der Waals surface area contributed by atoms with E-state index in [1.807, 2.05) is 0 Å². The number of non-ortho nitro benzene ring substituents is 1. The van der Waals surface area contributed by atoms with E-state index in [1.165, 1.54) is 29.6 Å². The van der Waals surface area contributed by atoms with Crippen molar-refractivity contribution in [2.45, 2.75) is 31.2 Å². The number of nitrogen functional groups attached to an aromatic ring is 1. The maximum atomic E-state index is 13.0. The third kappa shape index (κ3) is 7.18. The van der Waals surface area contributed by atoms with Crippen LogP contribution in [0.1, 0.15) is 24.1 Å². The number of aromatic nitrogens is 1. The molecule has 2 atom stereocenters. The summed E-state index contributed by atoms with van der Waals surface area (Å²) in [6, 6.07) is 3.87. The molecule has 3 heterocycles. The van der Waals surface area contributed by atoms with Gasteiger partial charge in [0.05, 0.1) is 11.3 Å². The van der Waals surface area contributed by atoms with Gasteiger partial charge in [-0.25, -0.2) is 9.78 Å². The van der Waals surface area contributed by atoms with E-state index in [4.69, 9.17) is 24.9 Å². The number of ether oxygens (including phenoxy) is 2. The predicted octanol–water partition coefficient (Wildman–Crippen LogP) is -4.86. The van der Waals surface area contributed by atoms with Crippen molar-refractivity contribution in [2.24, 2.45) is 5.16 Å². The van der Waals surface area contributed by atoms with E-state index in [2.05, 4.69) is 15.5 Å². The zero-order chi connectivity index (χ0) is 29.7. The molecule has 3 N–H and O–H groups in total. The van der Waals surface area contributed by atoms with E-state index in [9.17, 15) is 39.2 Å². The number of carboxylic acids is 1. The van der Waals surface area contributed by atoms with Crippen LogP contribution in [-0.2, 0) is 49.7 Å². The first kappa shape index (κ1) is 32.3. The normalized spacial score (nSPS) is 20.0. The number of benzene rings is 1. The first-order chi connectivity index (χ1) is 19.5. The average molecular weight is 614 g/mol. The van der Waals surface area contributed by atoms with Gasteiger partial charge in [0.2, 0.25) is 6.61 Å². The van der Waals surface area contributed by atoms with E-state index in [0.29, 0.717) is 10.6 Å². The number of nitrogens with two attached hydrogens (primary N) is 1. The van der Waals surface area contributed by atoms with Gasteiger partial charge >= 0.3 is 41.5 Å². The van der Waals surface area contributed by atoms with E-state index in [-0.39, 0.29) is 59.1 Å². The summed E-state index contributed by atoms with van der Waals surface area (Å²) >= 11 is 0.958. The minimum atomic E-state index is -2.48. The number of aliphatic carboxylic acids is 1. The quantitative estimate of drug-likeness (QED) is 0.0791. The molecule has 2 fully saturated rings. The average Bonchev–Trinajstić information content (AvgIpc) is 3.64. The Bertz CT molecular complexity index is 1430. The van der Waals surface area contributed by atoms with Crippen LogP contribution in [-0.4, -0.2) is 75.4 Å². The number of cyclic esters (lactones) is 1. The predicted molar refractivity (Wildman–Crippen MR) is 130 cm³/mol. The number of hydrogen-bond donors (Lipinski definition) is 2. The number of nitrogens with one attached hydrogen (secondary N) is 1. The van der Waals surface area contributed by atoms with Gasteiger partial charge < -0.3 is 35.3 Å². The maximum absolute atomic E-state index is 13.0. The van der Waals surface area contributed by atoms with Crippen molar-refractivity contribution in [1.29, 1.82) is 0 Å². The number of oxime groups is 1. The van der Waals surface area contributed by atoms with Gasteiger partial charge in [0, 0.05) is 23.9 Å². The first-order valence-corrected chi connectivity index (χ1v) is 12.4. The Morgan fingerprint density at radius 1 is 1.29 bits per heavy atom. The number of nitrogens with zero attached hydrogens (tertiary/aromatic N) is 4. The first-order valence-electron chi connectivity index (χ1n) is 11.5. The molecule has 20 heteroatoms. The number of carbonyl (C=O) groups excluding carboxylic acids is 5. The van der Waals surface area contributed by atoms with Crippen molar-refractivity contribution in [1.82, 2.24) is 15.4 Å². The fourth-order valence-electron chi connectivity index (χ4n) is 3.64. The Morgan fingerprint density at radius 3 is 2.57 bits per heavy atom.